The van der Waals surface area contributed by atoms with Gasteiger partial charge in [0, 0.05) is 12.0 Å². The number of cyclic esters (lactones) is 1. The molecule has 2 heteroatoms. The summed E-state index contributed by atoms with van der Waals surface area (Å²) in [4.78, 5) is 11.2. The van der Waals surface area contributed by atoms with Crippen LogP contribution in [-0.4, -0.2) is 12.6 Å². The van der Waals surface area contributed by atoms with Crippen molar-refractivity contribution in [3.8, 4) is 0 Å². The van der Waals surface area contributed by atoms with Gasteiger partial charge in [-0.2, -0.15) is 0 Å². The lowest BCUT2D eigenvalue weighted by Crippen LogP contribution is -1.98. The Hall–Kier alpha value is -1.05. The van der Waals surface area contributed by atoms with Gasteiger partial charge >= 0.3 is 5.97 Å². The molecule has 2 nitrogen and oxygen atoms in total. The third kappa shape index (κ3) is 4.32. The number of allylic oxidation sites excluding steroid dienone is 3. The molecule has 0 bridgehead atoms. The second-order valence-electron chi connectivity index (χ2n) is 4.41. The molecule has 84 valence electrons. The first-order chi connectivity index (χ1) is 7.09. The quantitative estimate of drug-likeness (QED) is 0.403. The summed E-state index contributed by atoms with van der Waals surface area (Å²) in [5.74, 6) is 0.338. The fourth-order valence-corrected chi connectivity index (χ4v) is 1.66. The van der Waals surface area contributed by atoms with Gasteiger partial charge in [-0.15, -0.1) is 0 Å². The van der Waals surface area contributed by atoms with Crippen molar-refractivity contribution in [1.29, 1.82) is 0 Å². The highest BCUT2D eigenvalue weighted by Crippen LogP contribution is 2.18. The highest BCUT2D eigenvalue weighted by atomic mass is 16.5. The fraction of sp³-hybridized carbons (Fsp3) is 0.615. The molecule has 1 heterocycles. The van der Waals surface area contributed by atoms with Crippen LogP contribution >= 0.6 is 0 Å². The van der Waals surface area contributed by atoms with Gasteiger partial charge in [-0.05, 0) is 32.6 Å². The number of rotatable bonds is 4. The van der Waals surface area contributed by atoms with E-state index in [4.69, 9.17) is 4.74 Å². The summed E-state index contributed by atoms with van der Waals surface area (Å²) in [5.41, 5.74) is 2.22. The van der Waals surface area contributed by atoms with E-state index in [1.54, 1.807) is 0 Å². The molecule has 1 aliphatic rings. The van der Waals surface area contributed by atoms with Gasteiger partial charge in [0.25, 0.3) is 0 Å². The molecule has 1 rings (SSSR count). The van der Waals surface area contributed by atoms with Crippen molar-refractivity contribution in [2.75, 3.05) is 6.61 Å². The van der Waals surface area contributed by atoms with E-state index in [0.717, 1.165) is 24.8 Å². The van der Waals surface area contributed by atoms with Gasteiger partial charge in [-0.25, -0.2) is 4.79 Å². The first-order valence-corrected chi connectivity index (χ1v) is 5.61. The van der Waals surface area contributed by atoms with E-state index < -0.39 is 0 Å². The lowest BCUT2D eigenvalue weighted by atomic mass is 10.0. The van der Waals surface area contributed by atoms with Crippen LogP contribution in [0.25, 0.3) is 0 Å². The second-order valence-corrected chi connectivity index (χ2v) is 4.41. The van der Waals surface area contributed by atoms with Crippen LogP contribution in [0.3, 0.4) is 0 Å². The minimum absolute atomic E-state index is 0.121. The Bertz CT molecular complexity index is 283. The topological polar surface area (TPSA) is 26.3 Å². The Balaban J connectivity index is 2.38. The standard InChI is InChI=1S/C13H20O2/c1-10(2)5-4-6-11(3)9-12-7-8-15-13(12)14/h5,9,11H,4,6-8H2,1-3H3/b12-9+. The molecule has 1 unspecified atom stereocenters. The molecule has 1 saturated heterocycles. The average Bonchev–Trinajstić information content (AvgIpc) is 2.51. The van der Waals surface area contributed by atoms with Crippen molar-refractivity contribution in [2.45, 2.75) is 40.0 Å². The maximum atomic E-state index is 11.2. The summed E-state index contributed by atoms with van der Waals surface area (Å²) in [5, 5.41) is 0. The molecule has 15 heavy (non-hydrogen) atoms. The van der Waals surface area contributed by atoms with Crippen LogP contribution < -0.4 is 0 Å². The van der Waals surface area contributed by atoms with E-state index >= 15 is 0 Å². The Morgan fingerprint density at radius 2 is 2.27 bits per heavy atom. The Morgan fingerprint density at radius 1 is 1.53 bits per heavy atom. The van der Waals surface area contributed by atoms with Crippen LogP contribution in [0, 0.1) is 5.92 Å². The smallest absolute Gasteiger partial charge is 0.333 e. The van der Waals surface area contributed by atoms with Crippen molar-refractivity contribution in [3.63, 3.8) is 0 Å². The van der Waals surface area contributed by atoms with Gasteiger partial charge in [0.05, 0.1) is 6.61 Å². The molecule has 1 fully saturated rings. The zero-order chi connectivity index (χ0) is 11.3. The van der Waals surface area contributed by atoms with Gasteiger partial charge in [-0.1, -0.05) is 24.6 Å². The molecular weight excluding hydrogens is 188 g/mol. The van der Waals surface area contributed by atoms with Crippen molar-refractivity contribution in [2.24, 2.45) is 5.92 Å². The van der Waals surface area contributed by atoms with Crippen LogP contribution in [0.1, 0.15) is 40.0 Å². The zero-order valence-corrected chi connectivity index (χ0v) is 9.88. The summed E-state index contributed by atoms with van der Waals surface area (Å²) in [6.45, 7) is 6.93. The molecule has 1 aliphatic heterocycles. The van der Waals surface area contributed by atoms with Crippen molar-refractivity contribution < 1.29 is 9.53 Å². The molecule has 0 radical (unpaired) electrons. The van der Waals surface area contributed by atoms with Crippen LogP contribution in [0.4, 0.5) is 0 Å². The van der Waals surface area contributed by atoms with E-state index in [1.165, 1.54) is 5.57 Å². The van der Waals surface area contributed by atoms with E-state index in [2.05, 4.69) is 32.9 Å². The van der Waals surface area contributed by atoms with Gasteiger partial charge in [0.1, 0.15) is 0 Å². The molecule has 0 aromatic heterocycles. The average molecular weight is 208 g/mol. The maximum Gasteiger partial charge on any atom is 0.333 e. The third-order valence-corrected chi connectivity index (χ3v) is 2.53. The molecule has 1 atom stereocenters. The van der Waals surface area contributed by atoms with E-state index in [-0.39, 0.29) is 5.97 Å². The first kappa shape index (κ1) is 12.0. The minimum Gasteiger partial charge on any atom is -0.462 e. The predicted molar refractivity (Wildman–Crippen MR) is 61.5 cm³/mol. The minimum atomic E-state index is -0.121. The van der Waals surface area contributed by atoms with Crippen LogP contribution in [0.5, 0.6) is 0 Å². The molecule has 0 aromatic rings. The molecule has 0 saturated carbocycles. The number of carbonyl (C=O) groups excluding carboxylic acids is 1. The number of esters is 1. The predicted octanol–water partition coefficient (Wildman–Crippen LogP) is 3.24. The molecule has 0 amide bonds. The normalized spacial score (nSPS) is 20.2. The summed E-state index contributed by atoms with van der Waals surface area (Å²) >= 11 is 0. The number of carbonyl (C=O) groups is 1. The lowest BCUT2D eigenvalue weighted by molar-refractivity contribution is -0.135. The van der Waals surface area contributed by atoms with Crippen LogP contribution in [0.15, 0.2) is 23.3 Å². The number of hydrogen-bond donors (Lipinski definition) is 0. The maximum absolute atomic E-state index is 11.2. The Morgan fingerprint density at radius 3 is 2.80 bits per heavy atom. The summed E-state index contributed by atoms with van der Waals surface area (Å²) < 4.78 is 4.89. The largest absolute Gasteiger partial charge is 0.462 e. The Kier molecular flexibility index (Phi) is 4.60. The van der Waals surface area contributed by atoms with Crippen LogP contribution in [0.2, 0.25) is 0 Å². The number of hydrogen-bond acceptors (Lipinski definition) is 2. The number of ether oxygens (including phenoxy) is 1. The van der Waals surface area contributed by atoms with E-state index in [9.17, 15) is 4.79 Å². The highest BCUT2D eigenvalue weighted by molar-refractivity contribution is 5.90. The zero-order valence-electron chi connectivity index (χ0n) is 9.88. The molecular formula is C13H20O2. The Labute approximate surface area is 92.0 Å². The van der Waals surface area contributed by atoms with Gasteiger partial charge < -0.3 is 4.74 Å². The van der Waals surface area contributed by atoms with Crippen molar-refractivity contribution in [3.05, 3.63) is 23.3 Å². The molecule has 0 N–H and O–H groups in total. The summed E-state index contributed by atoms with van der Waals surface area (Å²) in [6.07, 6.45) is 7.27. The van der Waals surface area contributed by atoms with Crippen molar-refractivity contribution in [1.82, 2.24) is 0 Å². The fourth-order valence-electron chi connectivity index (χ4n) is 1.66. The summed E-state index contributed by atoms with van der Waals surface area (Å²) in [6, 6.07) is 0. The lowest BCUT2D eigenvalue weighted by Gasteiger charge is -2.04. The molecule has 0 aliphatic carbocycles. The van der Waals surface area contributed by atoms with Gasteiger partial charge in [-0.3, -0.25) is 0 Å². The monoisotopic (exact) mass is 208 g/mol. The van der Waals surface area contributed by atoms with E-state index in [1.807, 2.05) is 0 Å². The van der Waals surface area contributed by atoms with Gasteiger partial charge in [0.15, 0.2) is 0 Å². The van der Waals surface area contributed by atoms with Crippen molar-refractivity contribution >= 4 is 5.97 Å². The summed E-state index contributed by atoms with van der Waals surface area (Å²) in [7, 11) is 0. The molecule has 0 spiro atoms. The second kappa shape index (κ2) is 5.74. The van der Waals surface area contributed by atoms with Gasteiger partial charge in [0.2, 0.25) is 0 Å². The first-order valence-electron chi connectivity index (χ1n) is 5.61. The highest BCUT2D eigenvalue weighted by Gasteiger charge is 2.18. The van der Waals surface area contributed by atoms with Crippen LogP contribution in [-0.2, 0) is 9.53 Å². The third-order valence-electron chi connectivity index (χ3n) is 2.53. The molecule has 0 aromatic carbocycles. The SMILES string of the molecule is CC(C)=CCCC(C)/C=C1\CCOC1=O. The van der Waals surface area contributed by atoms with E-state index in [0.29, 0.717) is 12.5 Å².